The van der Waals surface area contributed by atoms with E-state index >= 15 is 0 Å². The first-order valence-corrected chi connectivity index (χ1v) is 6.73. The Morgan fingerprint density at radius 1 is 1.14 bits per heavy atom. The van der Waals surface area contributed by atoms with Crippen LogP contribution in [0.5, 0.6) is 0 Å². The molecule has 114 valence electrons. The Balaban J connectivity index is 2.00. The Hall–Kier alpha value is -2.69. The highest BCUT2D eigenvalue weighted by atomic mass is 19.1. The molecule has 0 aliphatic carbocycles. The Bertz CT molecular complexity index is 696. The molecular formula is C17H16FNO3. The normalized spacial score (nSPS) is 10.1. The second kappa shape index (κ2) is 6.85. The summed E-state index contributed by atoms with van der Waals surface area (Å²) in [6, 6.07) is 11.1. The van der Waals surface area contributed by atoms with E-state index in [9.17, 15) is 14.0 Å². The molecule has 2 aromatic carbocycles. The highest BCUT2D eigenvalue weighted by Gasteiger charge is 2.11. The largest absolute Gasteiger partial charge is 0.465 e. The fourth-order valence-corrected chi connectivity index (χ4v) is 1.96. The van der Waals surface area contributed by atoms with Gasteiger partial charge in [0.1, 0.15) is 5.82 Å². The van der Waals surface area contributed by atoms with Crippen molar-refractivity contribution in [3.8, 4) is 0 Å². The summed E-state index contributed by atoms with van der Waals surface area (Å²) >= 11 is 0. The minimum absolute atomic E-state index is 0.0109. The fraction of sp³-hybridized carbons (Fsp3) is 0.176. The molecule has 0 saturated heterocycles. The van der Waals surface area contributed by atoms with Gasteiger partial charge in [0.25, 0.3) is 5.91 Å². The number of amides is 1. The number of ether oxygens (including phenoxy) is 1. The van der Waals surface area contributed by atoms with Gasteiger partial charge in [-0.15, -0.1) is 0 Å². The maximum absolute atomic E-state index is 13.7. The summed E-state index contributed by atoms with van der Waals surface area (Å²) in [5, 5.41) is 2.64. The maximum Gasteiger partial charge on any atom is 0.337 e. The number of nitrogens with one attached hydrogen (secondary N) is 1. The van der Waals surface area contributed by atoms with Gasteiger partial charge in [-0.05, 0) is 42.3 Å². The Morgan fingerprint density at radius 3 is 2.41 bits per heavy atom. The summed E-state index contributed by atoms with van der Waals surface area (Å²) in [6.07, 6.45) is 0. The second-order valence-corrected chi connectivity index (χ2v) is 4.85. The van der Waals surface area contributed by atoms with Crippen LogP contribution in [0.3, 0.4) is 0 Å². The molecule has 22 heavy (non-hydrogen) atoms. The number of methoxy groups -OCH3 is 1. The fourth-order valence-electron chi connectivity index (χ4n) is 1.96. The first kappa shape index (κ1) is 15.7. The highest BCUT2D eigenvalue weighted by molar-refractivity contribution is 5.94. The van der Waals surface area contributed by atoms with Crippen molar-refractivity contribution < 1.29 is 18.7 Å². The third-order valence-electron chi connectivity index (χ3n) is 3.20. The average molecular weight is 301 g/mol. The molecule has 5 heteroatoms. The topological polar surface area (TPSA) is 55.4 Å². The molecular weight excluding hydrogens is 285 g/mol. The van der Waals surface area contributed by atoms with Crippen LogP contribution >= 0.6 is 0 Å². The molecule has 0 saturated carbocycles. The van der Waals surface area contributed by atoms with Gasteiger partial charge in [-0.25, -0.2) is 9.18 Å². The molecule has 0 unspecified atom stereocenters. The predicted octanol–water partition coefficient (Wildman–Crippen LogP) is 2.85. The van der Waals surface area contributed by atoms with E-state index in [0.717, 1.165) is 11.1 Å². The molecule has 0 radical (unpaired) electrons. The van der Waals surface area contributed by atoms with E-state index in [2.05, 4.69) is 10.1 Å². The van der Waals surface area contributed by atoms with Crippen LogP contribution in [0.4, 0.5) is 4.39 Å². The van der Waals surface area contributed by atoms with Gasteiger partial charge in [-0.3, -0.25) is 4.79 Å². The minimum atomic E-state index is -0.543. The molecule has 4 nitrogen and oxygen atoms in total. The van der Waals surface area contributed by atoms with E-state index in [1.54, 1.807) is 37.3 Å². The van der Waals surface area contributed by atoms with E-state index in [-0.39, 0.29) is 12.1 Å². The van der Waals surface area contributed by atoms with Gasteiger partial charge < -0.3 is 10.1 Å². The van der Waals surface area contributed by atoms with Crippen molar-refractivity contribution in [3.05, 3.63) is 70.5 Å². The van der Waals surface area contributed by atoms with E-state index in [0.29, 0.717) is 5.56 Å². The highest BCUT2D eigenvalue weighted by Crippen LogP contribution is 2.10. The van der Waals surface area contributed by atoms with Crippen molar-refractivity contribution in [2.24, 2.45) is 0 Å². The van der Waals surface area contributed by atoms with Crippen molar-refractivity contribution in [2.45, 2.75) is 13.5 Å². The lowest BCUT2D eigenvalue weighted by molar-refractivity contribution is 0.0600. The van der Waals surface area contributed by atoms with Gasteiger partial charge in [0.05, 0.1) is 18.2 Å². The van der Waals surface area contributed by atoms with Crippen LogP contribution < -0.4 is 5.32 Å². The van der Waals surface area contributed by atoms with E-state index < -0.39 is 17.7 Å². The molecule has 2 rings (SSSR count). The number of hydrogen-bond acceptors (Lipinski definition) is 3. The van der Waals surface area contributed by atoms with Crippen molar-refractivity contribution in [1.82, 2.24) is 5.32 Å². The molecule has 0 heterocycles. The molecule has 0 aromatic heterocycles. The van der Waals surface area contributed by atoms with E-state index in [1.165, 1.54) is 19.2 Å². The lowest BCUT2D eigenvalue weighted by Gasteiger charge is -2.07. The van der Waals surface area contributed by atoms with Crippen molar-refractivity contribution in [1.29, 1.82) is 0 Å². The van der Waals surface area contributed by atoms with Crippen LogP contribution in [-0.2, 0) is 11.3 Å². The number of aryl methyl sites for hydroxylation is 1. The van der Waals surface area contributed by atoms with Crippen LogP contribution in [0, 0.1) is 12.7 Å². The molecule has 1 N–H and O–H groups in total. The van der Waals surface area contributed by atoms with Crippen LogP contribution in [0.2, 0.25) is 0 Å². The lowest BCUT2D eigenvalue weighted by Crippen LogP contribution is -2.23. The molecule has 0 spiro atoms. The summed E-state index contributed by atoms with van der Waals surface area (Å²) in [5.74, 6) is -1.44. The summed E-state index contributed by atoms with van der Waals surface area (Å²) < 4.78 is 18.3. The summed E-state index contributed by atoms with van der Waals surface area (Å²) in [6.45, 7) is 2.00. The second-order valence-electron chi connectivity index (χ2n) is 4.85. The van der Waals surface area contributed by atoms with E-state index in [4.69, 9.17) is 0 Å². The molecule has 0 bridgehead atoms. The van der Waals surface area contributed by atoms with Gasteiger partial charge in [0.2, 0.25) is 0 Å². The molecule has 2 aromatic rings. The molecule has 0 aliphatic heterocycles. The number of halogens is 1. The first-order chi connectivity index (χ1) is 10.5. The zero-order valence-corrected chi connectivity index (χ0v) is 12.4. The smallest absolute Gasteiger partial charge is 0.337 e. The summed E-state index contributed by atoms with van der Waals surface area (Å²) in [7, 11) is 1.31. The zero-order chi connectivity index (χ0) is 16.1. The molecule has 0 fully saturated rings. The lowest BCUT2D eigenvalue weighted by atomic mass is 10.1. The zero-order valence-electron chi connectivity index (χ0n) is 12.4. The van der Waals surface area contributed by atoms with Gasteiger partial charge in [-0.2, -0.15) is 0 Å². The standard InChI is InChI=1S/C17H16FNO3/c1-11-3-8-14(15(18)9-11)16(20)19-10-12-4-6-13(7-5-12)17(21)22-2/h3-9H,10H2,1-2H3,(H,19,20). The monoisotopic (exact) mass is 301 g/mol. The SMILES string of the molecule is COC(=O)c1ccc(CNC(=O)c2ccc(C)cc2F)cc1. The first-order valence-electron chi connectivity index (χ1n) is 6.73. The Labute approximate surface area is 127 Å². The third-order valence-corrected chi connectivity index (χ3v) is 3.20. The molecule has 1 amide bonds. The quantitative estimate of drug-likeness (QED) is 0.884. The average Bonchev–Trinajstić information content (AvgIpc) is 2.52. The number of benzene rings is 2. The summed E-state index contributed by atoms with van der Waals surface area (Å²) in [4.78, 5) is 23.3. The van der Waals surface area contributed by atoms with Crippen LogP contribution in [0.25, 0.3) is 0 Å². The van der Waals surface area contributed by atoms with Crippen LogP contribution in [0.1, 0.15) is 31.8 Å². The Morgan fingerprint density at radius 2 is 1.82 bits per heavy atom. The van der Waals surface area contributed by atoms with Gasteiger partial charge in [-0.1, -0.05) is 18.2 Å². The Kier molecular flexibility index (Phi) is 4.88. The van der Waals surface area contributed by atoms with Crippen LogP contribution in [0.15, 0.2) is 42.5 Å². The summed E-state index contributed by atoms with van der Waals surface area (Å²) in [5.41, 5.74) is 2.00. The number of hydrogen-bond donors (Lipinski definition) is 1. The maximum atomic E-state index is 13.7. The van der Waals surface area contributed by atoms with Gasteiger partial charge in [0, 0.05) is 6.54 Å². The van der Waals surface area contributed by atoms with Crippen molar-refractivity contribution in [3.63, 3.8) is 0 Å². The third kappa shape index (κ3) is 3.69. The van der Waals surface area contributed by atoms with Crippen LogP contribution in [-0.4, -0.2) is 19.0 Å². The molecule has 0 atom stereocenters. The van der Waals surface area contributed by atoms with Crippen molar-refractivity contribution >= 4 is 11.9 Å². The van der Waals surface area contributed by atoms with Crippen molar-refractivity contribution in [2.75, 3.05) is 7.11 Å². The number of rotatable bonds is 4. The number of carbonyl (C=O) groups excluding carboxylic acids is 2. The number of carbonyl (C=O) groups is 2. The molecule has 0 aliphatic rings. The van der Waals surface area contributed by atoms with E-state index in [1.807, 2.05) is 0 Å². The number of esters is 1. The predicted molar refractivity (Wildman–Crippen MR) is 80.1 cm³/mol. The van der Waals surface area contributed by atoms with Gasteiger partial charge in [0.15, 0.2) is 0 Å². The van der Waals surface area contributed by atoms with Gasteiger partial charge >= 0.3 is 5.97 Å². The minimum Gasteiger partial charge on any atom is -0.465 e.